The topological polar surface area (TPSA) is 58.6 Å². The molecule has 2 aromatic rings. The Morgan fingerprint density at radius 1 is 1.17 bits per heavy atom. The largest absolute Gasteiger partial charge is 0.457 e. The van der Waals surface area contributed by atoms with Gasteiger partial charge in [0.1, 0.15) is 16.2 Å². The van der Waals surface area contributed by atoms with E-state index < -0.39 is 4.75 Å². The maximum Gasteiger partial charge on any atom is 0.240 e. The number of carbonyl (C=O) groups is 1. The summed E-state index contributed by atoms with van der Waals surface area (Å²) in [5, 5.41) is 12.2. The molecule has 24 heavy (non-hydrogen) atoms. The summed E-state index contributed by atoms with van der Waals surface area (Å²) in [6.07, 6.45) is 0.775. The first-order valence-corrected chi connectivity index (χ1v) is 8.99. The van der Waals surface area contributed by atoms with Gasteiger partial charge in [-0.15, -0.1) is 11.8 Å². The number of thioether (sulfide) groups is 1. The van der Waals surface area contributed by atoms with Crippen LogP contribution < -0.4 is 10.1 Å². The average Bonchev–Trinajstić information content (AvgIpc) is 2.76. The van der Waals surface area contributed by atoms with Crippen molar-refractivity contribution in [3.63, 3.8) is 0 Å². The Morgan fingerprint density at radius 2 is 1.83 bits per heavy atom. The normalized spacial score (nSPS) is 24.1. The quantitative estimate of drug-likeness (QED) is 0.894. The number of rotatable bonds is 4. The van der Waals surface area contributed by atoms with Crippen molar-refractivity contribution in [1.82, 2.24) is 5.32 Å². The molecule has 126 valence electrons. The van der Waals surface area contributed by atoms with Gasteiger partial charge in [0.2, 0.25) is 5.91 Å². The Kier molecular flexibility index (Phi) is 5.11. The number of nitrogens with one attached hydrogen (secondary N) is 1. The van der Waals surface area contributed by atoms with Crippen molar-refractivity contribution in [3.8, 4) is 11.5 Å². The van der Waals surface area contributed by atoms with Crippen molar-refractivity contribution in [1.29, 1.82) is 0 Å². The van der Waals surface area contributed by atoms with E-state index in [-0.39, 0.29) is 18.6 Å². The summed E-state index contributed by atoms with van der Waals surface area (Å²) in [4.78, 5) is 12.6. The molecule has 1 amide bonds. The Hall–Kier alpha value is -1.98. The first kappa shape index (κ1) is 16.9. The summed E-state index contributed by atoms with van der Waals surface area (Å²) in [5.74, 6) is 2.29. The highest BCUT2D eigenvalue weighted by Crippen LogP contribution is 2.39. The lowest BCUT2D eigenvalue weighted by atomic mass is 9.98. The van der Waals surface area contributed by atoms with Gasteiger partial charge >= 0.3 is 0 Å². The molecule has 1 heterocycles. The fourth-order valence-corrected chi connectivity index (χ4v) is 3.99. The van der Waals surface area contributed by atoms with Crippen LogP contribution in [-0.4, -0.2) is 29.4 Å². The smallest absolute Gasteiger partial charge is 0.240 e. The molecule has 4 nitrogen and oxygen atoms in total. The highest BCUT2D eigenvalue weighted by atomic mass is 32.2. The molecule has 0 unspecified atom stereocenters. The molecule has 1 fully saturated rings. The fraction of sp³-hybridized carbons (Fsp3) is 0.316. The minimum absolute atomic E-state index is 0.0216. The number of benzene rings is 2. The molecule has 1 aliphatic heterocycles. The third-order valence-corrected chi connectivity index (χ3v) is 5.67. The number of carbonyl (C=O) groups excluding carboxylic acids is 1. The van der Waals surface area contributed by atoms with Crippen molar-refractivity contribution >= 4 is 17.7 Å². The predicted molar refractivity (Wildman–Crippen MR) is 96.4 cm³/mol. The molecular weight excluding hydrogens is 322 g/mol. The van der Waals surface area contributed by atoms with Gasteiger partial charge in [-0.25, -0.2) is 0 Å². The summed E-state index contributed by atoms with van der Waals surface area (Å²) in [7, 11) is 0. The van der Waals surface area contributed by atoms with E-state index in [1.807, 2.05) is 61.5 Å². The number of amides is 1. The molecule has 2 atom stereocenters. The van der Waals surface area contributed by atoms with Gasteiger partial charge in [0, 0.05) is 0 Å². The second kappa shape index (κ2) is 7.28. The zero-order valence-corrected chi connectivity index (χ0v) is 14.4. The van der Waals surface area contributed by atoms with Crippen molar-refractivity contribution in [2.45, 2.75) is 24.1 Å². The number of ether oxygens (including phenoxy) is 1. The Bertz CT molecular complexity index is 690. The van der Waals surface area contributed by atoms with Crippen LogP contribution in [0, 0.1) is 0 Å². The second-order valence-corrected chi connectivity index (χ2v) is 7.48. The van der Waals surface area contributed by atoms with Gasteiger partial charge in [0.25, 0.3) is 0 Å². The lowest BCUT2D eigenvalue weighted by Crippen LogP contribution is -2.44. The molecule has 0 aliphatic carbocycles. The van der Waals surface area contributed by atoms with Crippen LogP contribution in [-0.2, 0) is 9.54 Å². The minimum Gasteiger partial charge on any atom is -0.457 e. The van der Waals surface area contributed by atoms with E-state index in [2.05, 4.69) is 5.32 Å². The summed E-state index contributed by atoms with van der Waals surface area (Å²) in [6, 6.07) is 17.1. The molecule has 0 saturated carbocycles. The van der Waals surface area contributed by atoms with Gasteiger partial charge < -0.3 is 15.2 Å². The van der Waals surface area contributed by atoms with Gasteiger partial charge in [0.15, 0.2) is 0 Å². The maximum absolute atomic E-state index is 12.6. The average molecular weight is 343 g/mol. The number of aliphatic hydroxyl groups is 1. The first-order chi connectivity index (χ1) is 11.6. The maximum atomic E-state index is 12.6. The van der Waals surface area contributed by atoms with Crippen molar-refractivity contribution < 1.29 is 14.6 Å². The van der Waals surface area contributed by atoms with Crippen LogP contribution >= 0.6 is 11.8 Å². The molecule has 0 spiro atoms. The molecule has 0 radical (unpaired) electrons. The van der Waals surface area contributed by atoms with Gasteiger partial charge in [-0.05, 0) is 48.9 Å². The standard InChI is InChI=1S/C19H21NO3S/c1-19(18(22)20-15(13-21)11-12-24-19)14-7-9-17(10-8-14)23-16-5-3-2-4-6-16/h2-10,15,21H,11-13H2,1H3,(H,20,22)/t15-,19+/m0/s1. The molecule has 5 heteroatoms. The van der Waals surface area contributed by atoms with E-state index in [9.17, 15) is 9.90 Å². The molecule has 0 aromatic heterocycles. The van der Waals surface area contributed by atoms with Gasteiger partial charge in [-0.2, -0.15) is 0 Å². The minimum atomic E-state index is -0.658. The Morgan fingerprint density at radius 3 is 2.50 bits per heavy atom. The van der Waals surface area contributed by atoms with Gasteiger partial charge in [-0.3, -0.25) is 4.79 Å². The van der Waals surface area contributed by atoms with E-state index in [4.69, 9.17) is 4.74 Å². The van der Waals surface area contributed by atoms with Crippen LogP contribution in [0.25, 0.3) is 0 Å². The summed E-state index contributed by atoms with van der Waals surface area (Å²) in [6.45, 7) is 1.91. The number of aliphatic hydroxyl groups excluding tert-OH is 1. The summed E-state index contributed by atoms with van der Waals surface area (Å²) in [5.41, 5.74) is 0.934. The zero-order valence-electron chi connectivity index (χ0n) is 13.6. The monoisotopic (exact) mass is 343 g/mol. The lowest BCUT2D eigenvalue weighted by Gasteiger charge is -2.26. The van der Waals surface area contributed by atoms with E-state index in [0.717, 1.165) is 29.2 Å². The van der Waals surface area contributed by atoms with Crippen LogP contribution in [0.5, 0.6) is 11.5 Å². The van der Waals surface area contributed by atoms with Crippen molar-refractivity contribution in [2.75, 3.05) is 12.4 Å². The SMILES string of the molecule is C[C@]1(c2ccc(Oc3ccccc3)cc2)SCC[C@@H](CO)NC1=O. The van der Waals surface area contributed by atoms with E-state index >= 15 is 0 Å². The van der Waals surface area contributed by atoms with E-state index in [0.29, 0.717) is 0 Å². The highest BCUT2D eigenvalue weighted by Gasteiger charge is 2.38. The van der Waals surface area contributed by atoms with Gasteiger partial charge in [0.05, 0.1) is 12.6 Å². The molecule has 0 bridgehead atoms. The Balaban J connectivity index is 1.78. The number of hydrogen-bond donors (Lipinski definition) is 2. The summed E-state index contributed by atoms with van der Waals surface area (Å²) < 4.78 is 5.14. The van der Waals surface area contributed by atoms with Gasteiger partial charge in [-0.1, -0.05) is 30.3 Å². The third-order valence-electron chi connectivity index (χ3n) is 4.23. The van der Waals surface area contributed by atoms with Crippen LogP contribution in [0.3, 0.4) is 0 Å². The van der Waals surface area contributed by atoms with Crippen LogP contribution in [0.1, 0.15) is 18.9 Å². The second-order valence-electron chi connectivity index (χ2n) is 5.96. The molecule has 2 N–H and O–H groups in total. The third kappa shape index (κ3) is 3.57. The number of hydrogen-bond acceptors (Lipinski definition) is 4. The molecule has 3 rings (SSSR count). The molecule has 1 saturated heterocycles. The van der Waals surface area contributed by atoms with Crippen LogP contribution in [0.2, 0.25) is 0 Å². The highest BCUT2D eigenvalue weighted by molar-refractivity contribution is 8.00. The van der Waals surface area contributed by atoms with E-state index in [1.54, 1.807) is 11.8 Å². The summed E-state index contributed by atoms with van der Waals surface area (Å²) >= 11 is 1.61. The molecule has 2 aromatic carbocycles. The zero-order chi connectivity index (χ0) is 17.0. The van der Waals surface area contributed by atoms with Crippen LogP contribution in [0.4, 0.5) is 0 Å². The molecular formula is C19H21NO3S. The molecule has 1 aliphatic rings. The first-order valence-electron chi connectivity index (χ1n) is 8.01. The van der Waals surface area contributed by atoms with Crippen LogP contribution in [0.15, 0.2) is 54.6 Å². The predicted octanol–water partition coefficient (Wildman–Crippen LogP) is 3.31. The van der Waals surface area contributed by atoms with Crippen molar-refractivity contribution in [3.05, 3.63) is 60.2 Å². The van der Waals surface area contributed by atoms with E-state index in [1.165, 1.54) is 0 Å². The Labute approximate surface area is 146 Å². The lowest BCUT2D eigenvalue weighted by molar-refractivity contribution is -0.124. The van der Waals surface area contributed by atoms with Crippen molar-refractivity contribution in [2.24, 2.45) is 0 Å². The fourth-order valence-electron chi connectivity index (χ4n) is 2.68. The number of para-hydroxylation sites is 1.